The molecule has 4 N–H and O–H groups in total. The first-order chi connectivity index (χ1) is 18.8. The van der Waals surface area contributed by atoms with Gasteiger partial charge in [0.15, 0.2) is 0 Å². The number of aryl methyl sites for hydroxylation is 3. The zero-order chi connectivity index (χ0) is 28.9. The number of anilines is 3. The van der Waals surface area contributed by atoms with Crippen LogP contribution in [0.15, 0.2) is 42.5 Å². The quantitative estimate of drug-likeness (QED) is 0.301. The van der Waals surface area contributed by atoms with Gasteiger partial charge >= 0.3 is 0 Å². The minimum atomic E-state index is -0.755. The van der Waals surface area contributed by atoms with Crippen molar-refractivity contribution in [1.29, 1.82) is 0 Å². The summed E-state index contributed by atoms with van der Waals surface area (Å²) in [6.07, 6.45) is 0.649. The third kappa shape index (κ3) is 4.81. The van der Waals surface area contributed by atoms with Crippen LogP contribution in [-0.2, 0) is 18.4 Å². The largest absolute Gasteiger partial charge is 0.365 e. The molecule has 0 saturated heterocycles. The predicted molar refractivity (Wildman–Crippen MR) is 150 cm³/mol. The van der Waals surface area contributed by atoms with E-state index < -0.39 is 23.4 Å². The molecule has 2 aromatic heterocycles. The van der Waals surface area contributed by atoms with Crippen molar-refractivity contribution in [1.82, 2.24) is 14.8 Å². The lowest BCUT2D eigenvalue weighted by Gasteiger charge is -2.21. The standard InChI is InChI=1S/C30H30F2N6O2/c1-15-19(29(40)36-23-11-9-21(31)16(2)34-23)7-8-20(25(15)32)26-24(27(33)39)28-35-22-10-6-18(30(3,4)5)14-17(22)12-13-38(28)37-26/h6-11,14,35H,12-13H2,1-5H3,(H2,33,39)(H,34,36,40). The van der Waals surface area contributed by atoms with Crippen LogP contribution in [0.4, 0.5) is 26.1 Å². The lowest BCUT2D eigenvalue weighted by atomic mass is 9.85. The molecule has 0 saturated carbocycles. The third-order valence-corrected chi connectivity index (χ3v) is 7.17. The molecule has 206 valence electrons. The van der Waals surface area contributed by atoms with E-state index in [-0.39, 0.29) is 44.9 Å². The Labute approximate surface area is 230 Å². The van der Waals surface area contributed by atoms with Crippen molar-refractivity contribution in [2.24, 2.45) is 5.73 Å². The van der Waals surface area contributed by atoms with E-state index >= 15 is 4.39 Å². The highest BCUT2D eigenvalue weighted by Gasteiger charge is 2.29. The van der Waals surface area contributed by atoms with Gasteiger partial charge in [-0.15, -0.1) is 0 Å². The Balaban J connectivity index is 1.51. The van der Waals surface area contributed by atoms with Crippen LogP contribution in [0.3, 0.4) is 0 Å². The molecule has 0 unspecified atom stereocenters. The molecule has 3 heterocycles. The summed E-state index contributed by atoms with van der Waals surface area (Å²) in [5.41, 5.74) is 9.32. The first kappa shape index (κ1) is 27.0. The monoisotopic (exact) mass is 544 g/mol. The average Bonchev–Trinajstić information content (AvgIpc) is 3.14. The van der Waals surface area contributed by atoms with Crippen LogP contribution in [0, 0.1) is 25.5 Å². The van der Waals surface area contributed by atoms with E-state index in [0.29, 0.717) is 18.8 Å². The third-order valence-electron chi connectivity index (χ3n) is 7.17. The number of nitrogens with two attached hydrogens (primary N) is 1. The molecule has 4 aromatic rings. The Morgan fingerprint density at radius 2 is 1.82 bits per heavy atom. The van der Waals surface area contributed by atoms with Gasteiger partial charge < -0.3 is 16.4 Å². The first-order valence-corrected chi connectivity index (χ1v) is 12.9. The van der Waals surface area contributed by atoms with Gasteiger partial charge in [-0.3, -0.25) is 9.59 Å². The number of fused-ring (bicyclic) bond motifs is 2. The number of carbonyl (C=O) groups excluding carboxylic acids is 2. The molecule has 2 amide bonds. The second-order valence-corrected chi connectivity index (χ2v) is 11.0. The van der Waals surface area contributed by atoms with E-state index in [2.05, 4.69) is 47.6 Å². The minimum absolute atomic E-state index is 0.0204. The highest BCUT2D eigenvalue weighted by molar-refractivity contribution is 6.07. The van der Waals surface area contributed by atoms with Crippen molar-refractivity contribution in [3.63, 3.8) is 0 Å². The van der Waals surface area contributed by atoms with Crippen molar-refractivity contribution < 1.29 is 18.4 Å². The molecule has 5 rings (SSSR count). The van der Waals surface area contributed by atoms with Crippen LogP contribution in [0.1, 0.15) is 63.9 Å². The van der Waals surface area contributed by atoms with E-state index in [1.54, 1.807) is 4.68 Å². The summed E-state index contributed by atoms with van der Waals surface area (Å²) in [6.45, 7) is 9.83. The highest BCUT2D eigenvalue weighted by Crippen LogP contribution is 2.37. The number of carbonyl (C=O) groups is 2. The maximum atomic E-state index is 15.8. The van der Waals surface area contributed by atoms with Crippen molar-refractivity contribution in [2.45, 2.75) is 53.0 Å². The number of pyridine rings is 1. The number of nitrogens with zero attached hydrogens (tertiary/aromatic N) is 3. The molecule has 10 heteroatoms. The Kier molecular flexibility index (Phi) is 6.65. The van der Waals surface area contributed by atoms with E-state index in [1.807, 2.05) is 12.1 Å². The fraction of sp³-hybridized carbons (Fsp3) is 0.267. The Bertz CT molecular complexity index is 1690. The van der Waals surface area contributed by atoms with E-state index in [1.165, 1.54) is 43.7 Å². The van der Waals surface area contributed by atoms with Gasteiger partial charge in [0.05, 0.1) is 5.69 Å². The number of hydrogen-bond donors (Lipinski definition) is 3. The zero-order valence-electron chi connectivity index (χ0n) is 22.9. The SMILES string of the molecule is Cc1nc(NC(=O)c2ccc(-c3nn4c(c3C(N)=O)Nc3ccc(C(C)(C)C)cc3CC4)c(F)c2C)ccc1F. The molecule has 0 bridgehead atoms. The van der Waals surface area contributed by atoms with Crippen molar-refractivity contribution in [2.75, 3.05) is 10.6 Å². The van der Waals surface area contributed by atoms with Crippen LogP contribution in [-0.4, -0.2) is 26.6 Å². The lowest BCUT2D eigenvalue weighted by Crippen LogP contribution is -2.16. The molecule has 40 heavy (non-hydrogen) atoms. The molecule has 2 aromatic carbocycles. The summed E-state index contributed by atoms with van der Waals surface area (Å²) in [7, 11) is 0. The first-order valence-electron chi connectivity index (χ1n) is 12.9. The molecule has 1 aliphatic heterocycles. The summed E-state index contributed by atoms with van der Waals surface area (Å²) in [6, 6.07) is 11.5. The second kappa shape index (κ2) is 9.86. The smallest absolute Gasteiger partial charge is 0.257 e. The lowest BCUT2D eigenvalue weighted by molar-refractivity contribution is 0.0998. The molecule has 0 atom stereocenters. The highest BCUT2D eigenvalue weighted by atomic mass is 19.1. The number of primary amides is 1. The molecule has 1 aliphatic rings. The maximum absolute atomic E-state index is 15.8. The van der Waals surface area contributed by atoms with E-state index in [9.17, 15) is 14.0 Å². The second-order valence-electron chi connectivity index (χ2n) is 11.0. The Morgan fingerprint density at radius 1 is 1.07 bits per heavy atom. The van der Waals surface area contributed by atoms with Gasteiger partial charge in [0.25, 0.3) is 11.8 Å². The van der Waals surface area contributed by atoms with Gasteiger partial charge in [-0.25, -0.2) is 18.4 Å². The minimum Gasteiger partial charge on any atom is -0.365 e. The van der Waals surface area contributed by atoms with Crippen molar-refractivity contribution in [3.8, 4) is 11.3 Å². The molecule has 0 spiro atoms. The van der Waals surface area contributed by atoms with E-state index in [4.69, 9.17) is 5.73 Å². The molecule has 8 nitrogen and oxygen atoms in total. The number of hydrogen-bond acceptors (Lipinski definition) is 5. The maximum Gasteiger partial charge on any atom is 0.257 e. The Morgan fingerprint density at radius 3 is 2.50 bits per heavy atom. The van der Waals surface area contributed by atoms with Gasteiger partial charge in [0.2, 0.25) is 0 Å². The number of amides is 2. The molecular weight excluding hydrogens is 514 g/mol. The van der Waals surface area contributed by atoms with E-state index in [0.717, 1.165) is 11.3 Å². The molecular formula is C30H30F2N6O2. The number of rotatable bonds is 4. The van der Waals surface area contributed by atoms with Crippen LogP contribution in [0.2, 0.25) is 0 Å². The summed E-state index contributed by atoms with van der Waals surface area (Å²) >= 11 is 0. The van der Waals surface area contributed by atoms with Crippen molar-refractivity contribution >= 4 is 29.1 Å². The van der Waals surface area contributed by atoms with Crippen molar-refractivity contribution in [3.05, 3.63) is 87.6 Å². The van der Waals surface area contributed by atoms with Crippen LogP contribution in [0.25, 0.3) is 11.3 Å². The summed E-state index contributed by atoms with van der Waals surface area (Å²) < 4.78 is 31.0. The number of aromatic nitrogens is 3. The molecule has 0 radical (unpaired) electrons. The topological polar surface area (TPSA) is 115 Å². The van der Waals surface area contributed by atoms with Crippen LogP contribution in [0.5, 0.6) is 0 Å². The predicted octanol–water partition coefficient (Wildman–Crippen LogP) is 5.79. The van der Waals surface area contributed by atoms with Crippen LogP contribution >= 0.6 is 0 Å². The van der Waals surface area contributed by atoms with Gasteiger partial charge in [0, 0.05) is 23.4 Å². The number of nitrogens with one attached hydrogen (secondary N) is 2. The van der Waals surface area contributed by atoms with Gasteiger partial charge in [0.1, 0.15) is 34.5 Å². The molecule has 0 fully saturated rings. The molecule has 0 aliphatic carbocycles. The summed E-state index contributed by atoms with van der Waals surface area (Å²) in [5, 5.41) is 10.5. The normalized spacial score (nSPS) is 12.7. The average molecular weight is 545 g/mol. The fourth-order valence-electron chi connectivity index (χ4n) is 4.83. The number of halogens is 2. The van der Waals surface area contributed by atoms with Gasteiger partial charge in [-0.2, -0.15) is 5.10 Å². The number of benzene rings is 2. The van der Waals surface area contributed by atoms with Crippen LogP contribution < -0.4 is 16.4 Å². The summed E-state index contributed by atoms with van der Waals surface area (Å²) in [5.74, 6) is -2.04. The Hall–Kier alpha value is -4.60. The van der Waals surface area contributed by atoms with Gasteiger partial charge in [-0.1, -0.05) is 32.9 Å². The summed E-state index contributed by atoms with van der Waals surface area (Å²) in [4.78, 5) is 29.6. The zero-order valence-corrected chi connectivity index (χ0v) is 22.9. The fourth-order valence-corrected chi connectivity index (χ4v) is 4.83. The van der Waals surface area contributed by atoms with Gasteiger partial charge in [-0.05, 0) is 72.7 Å².